The monoisotopic (exact) mass is 690 g/mol. The molecule has 0 amide bonds. The lowest BCUT2D eigenvalue weighted by atomic mass is 9.81. The summed E-state index contributed by atoms with van der Waals surface area (Å²) in [7, 11) is 0. The van der Waals surface area contributed by atoms with Gasteiger partial charge in [-0.1, -0.05) is 147 Å². The summed E-state index contributed by atoms with van der Waals surface area (Å²) in [6.07, 6.45) is 0. The maximum atomic E-state index is 8.70. The topological polar surface area (TPSA) is 56.7 Å². The van der Waals surface area contributed by atoms with Gasteiger partial charge in [-0.15, -0.1) is 0 Å². The molecule has 5 heteroatoms. The molecule has 5 nitrogen and oxygen atoms in total. The minimum Gasteiger partial charge on any atom is -0.454 e. The van der Waals surface area contributed by atoms with Crippen molar-refractivity contribution in [3.05, 3.63) is 169 Å². The summed E-state index contributed by atoms with van der Waals surface area (Å²) in [5, 5.41) is 3.88. The van der Waals surface area contributed by atoms with Gasteiger partial charge in [0.25, 0.3) is 0 Å². The zero-order chi connectivity index (χ0) is 44.0. The first kappa shape index (κ1) is 21.5. The van der Waals surface area contributed by atoms with Crippen molar-refractivity contribution in [1.29, 1.82) is 0 Å². The average molecular weight is 691 g/mol. The summed E-state index contributed by atoms with van der Waals surface area (Å²) in [6, 6.07) is 26.8. The highest BCUT2D eigenvalue weighted by atomic mass is 16.3. The lowest BCUT2D eigenvalue weighted by Crippen LogP contribution is -2.16. The van der Waals surface area contributed by atoms with Crippen LogP contribution in [0.1, 0.15) is 38.7 Å². The van der Waals surface area contributed by atoms with Crippen LogP contribution in [0.15, 0.2) is 162 Å². The fourth-order valence-corrected chi connectivity index (χ4v) is 8.11. The van der Waals surface area contributed by atoms with E-state index in [1.165, 1.54) is 22.3 Å². The Morgan fingerprint density at radius 2 is 1.21 bits per heavy atom. The third-order valence-corrected chi connectivity index (χ3v) is 10.4. The smallest absolute Gasteiger partial charge is 0.164 e. The molecule has 3 heterocycles. The number of hydrogen-bond donors (Lipinski definition) is 0. The number of hydrogen-bond acceptors (Lipinski definition) is 4. The van der Waals surface area contributed by atoms with Crippen molar-refractivity contribution in [2.24, 2.45) is 0 Å². The van der Waals surface area contributed by atoms with Crippen molar-refractivity contribution in [2.75, 3.05) is 0 Å². The fourth-order valence-electron chi connectivity index (χ4n) is 8.11. The molecule has 0 saturated carbocycles. The Bertz CT molecular complexity index is 3540. The second kappa shape index (κ2) is 11.1. The molecule has 7 aromatic carbocycles. The minimum atomic E-state index is -0.613. The summed E-state index contributed by atoms with van der Waals surface area (Å²) >= 11 is 0. The lowest BCUT2D eigenvalue weighted by molar-refractivity contribution is 0.660. The van der Waals surface area contributed by atoms with Gasteiger partial charge in [0.2, 0.25) is 0 Å². The number of benzene rings is 7. The van der Waals surface area contributed by atoms with E-state index >= 15 is 0 Å². The second-order valence-electron chi connectivity index (χ2n) is 13.7. The molecule has 0 spiro atoms. The maximum Gasteiger partial charge on any atom is 0.164 e. The van der Waals surface area contributed by atoms with Gasteiger partial charge in [0, 0.05) is 43.7 Å². The van der Waals surface area contributed by atoms with Crippen LogP contribution in [0, 0.1) is 0 Å². The van der Waals surface area contributed by atoms with Gasteiger partial charge in [0.15, 0.2) is 23.1 Å². The molecule has 53 heavy (non-hydrogen) atoms. The summed E-state index contributed by atoms with van der Waals surface area (Å²) in [4.78, 5) is 13.7. The minimum absolute atomic E-state index is 0.0454. The Morgan fingerprint density at radius 1 is 0.566 bits per heavy atom. The van der Waals surface area contributed by atoms with E-state index in [0.29, 0.717) is 16.7 Å². The van der Waals surface area contributed by atoms with Crippen LogP contribution >= 0.6 is 0 Å². The molecular formula is C48H32N4O. The zero-order valence-corrected chi connectivity index (χ0v) is 28.4. The molecule has 0 aliphatic heterocycles. The lowest BCUT2D eigenvalue weighted by Gasteiger charge is -2.23. The third-order valence-electron chi connectivity index (χ3n) is 10.4. The molecule has 250 valence electrons. The Labute approximate surface area is 319 Å². The van der Waals surface area contributed by atoms with E-state index in [-0.39, 0.29) is 34.0 Å². The van der Waals surface area contributed by atoms with Gasteiger partial charge in [0.1, 0.15) is 5.58 Å². The molecule has 0 unspecified atom stereocenters. The molecule has 1 aliphatic carbocycles. The first-order valence-electron chi connectivity index (χ1n) is 22.2. The Balaban J connectivity index is 1.16. The molecule has 0 N–H and O–H groups in total. The summed E-state index contributed by atoms with van der Waals surface area (Å²) in [6.45, 7) is 4.55. The fraction of sp³-hybridized carbons (Fsp3) is 0.0625. The van der Waals surface area contributed by atoms with Crippen LogP contribution in [0.2, 0.25) is 0 Å². The highest BCUT2D eigenvalue weighted by Crippen LogP contribution is 2.53. The number of para-hydroxylation sites is 2. The van der Waals surface area contributed by atoms with Crippen molar-refractivity contribution in [2.45, 2.75) is 19.3 Å². The van der Waals surface area contributed by atoms with Gasteiger partial charge < -0.3 is 8.98 Å². The summed E-state index contributed by atoms with van der Waals surface area (Å²) < 4.78 is 93.6. The van der Waals surface area contributed by atoms with Gasteiger partial charge in [0.05, 0.1) is 30.4 Å². The highest BCUT2D eigenvalue weighted by Gasteiger charge is 2.38. The van der Waals surface area contributed by atoms with Crippen LogP contribution in [-0.4, -0.2) is 19.5 Å². The maximum absolute atomic E-state index is 8.70. The van der Waals surface area contributed by atoms with E-state index in [9.17, 15) is 0 Å². The van der Waals surface area contributed by atoms with Crippen LogP contribution in [0.3, 0.4) is 0 Å². The number of furan rings is 1. The molecule has 3 aromatic heterocycles. The first-order chi connectivity index (χ1) is 30.2. The van der Waals surface area contributed by atoms with E-state index in [0.717, 1.165) is 38.3 Å². The van der Waals surface area contributed by atoms with E-state index in [1.807, 2.05) is 24.3 Å². The molecule has 10 aromatic rings. The summed E-state index contributed by atoms with van der Waals surface area (Å²) in [5.74, 6) is -0.722. The van der Waals surface area contributed by atoms with Crippen molar-refractivity contribution >= 4 is 43.7 Å². The molecule has 0 radical (unpaired) electrons. The van der Waals surface area contributed by atoms with Crippen molar-refractivity contribution in [3.63, 3.8) is 0 Å². The normalized spacial score (nSPS) is 15.9. The molecule has 1 aliphatic rings. The van der Waals surface area contributed by atoms with Crippen molar-refractivity contribution in [1.82, 2.24) is 19.5 Å². The van der Waals surface area contributed by atoms with Gasteiger partial charge in [-0.05, 0) is 46.5 Å². The second-order valence-corrected chi connectivity index (χ2v) is 13.7. The van der Waals surface area contributed by atoms with Crippen LogP contribution in [-0.2, 0) is 5.41 Å². The Morgan fingerprint density at radius 3 is 1.96 bits per heavy atom. The molecule has 0 bridgehead atoms. The molecular weight excluding hydrogens is 649 g/mol. The quantitative estimate of drug-likeness (QED) is 0.184. The van der Waals surface area contributed by atoms with E-state index in [4.69, 9.17) is 18.1 Å². The molecule has 0 fully saturated rings. The van der Waals surface area contributed by atoms with Gasteiger partial charge in [-0.25, -0.2) is 15.0 Å². The van der Waals surface area contributed by atoms with Crippen LogP contribution in [0.4, 0.5) is 0 Å². The van der Waals surface area contributed by atoms with Gasteiger partial charge >= 0.3 is 0 Å². The largest absolute Gasteiger partial charge is 0.454 e. The first-order valence-corrected chi connectivity index (χ1v) is 17.2. The number of aromatic nitrogens is 4. The number of nitrogens with zero attached hydrogens (tertiary/aromatic N) is 4. The van der Waals surface area contributed by atoms with E-state index in [1.54, 1.807) is 12.1 Å². The third kappa shape index (κ3) is 4.34. The summed E-state index contributed by atoms with van der Waals surface area (Å²) in [5.41, 5.74) is 8.36. The van der Waals surface area contributed by atoms with Crippen LogP contribution < -0.4 is 0 Å². The highest BCUT2D eigenvalue weighted by molar-refractivity contribution is 6.15. The van der Waals surface area contributed by atoms with E-state index in [2.05, 4.69) is 94.0 Å². The average Bonchev–Trinajstić information content (AvgIpc) is 3.91. The van der Waals surface area contributed by atoms with Gasteiger partial charge in [-0.2, -0.15) is 0 Å². The number of rotatable bonds is 4. The standard InChI is InChI=1S/C48H32N4O/c1-48(2)38-21-11-9-18-32(38)35-26-27-36-33-19-10-12-22-39(33)52(43(36)42(35)48)40-23-13-20-37-34-25-24-31(28-41(34)53-44(37)40)47-50-45(29-14-5-3-6-15-29)49-46(51-47)30-16-7-4-8-17-30/h3-28H,1-2H3/i3D,4D,5D,6D,7D,8D,14D,15D,16D,17D. The number of fused-ring (bicyclic) bond motifs is 10. The van der Waals surface area contributed by atoms with Crippen molar-refractivity contribution < 1.29 is 18.1 Å². The predicted octanol–water partition coefficient (Wildman–Crippen LogP) is 12.2. The van der Waals surface area contributed by atoms with Crippen LogP contribution in [0.25, 0.3) is 94.7 Å². The van der Waals surface area contributed by atoms with Crippen molar-refractivity contribution in [3.8, 4) is 51.0 Å². The zero-order valence-electron chi connectivity index (χ0n) is 38.4. The van der Waals surface area contributed by atoms with Crippen LogP contribution in [0.5, 0.6) is 0 Å². The molecule has 0 atom stereocenters. The molecule has 0 saturated heterocycles. The SMILES string of the molecule is [2H]c1c([2H])c([2H])c(-c2nc(-c3ccc4c(c3)oc3c(-n5c6ccccc6c6ccc7c(c65)C(C)(C)c5ccccc5-7)cccc34)nc(-c3c([2H])c([2H])c([2H])c([2H])c3[2H])n2)c([2H])c1[2H]. The van der Waals surface area contributed by atoms with Gasteiger partial charge in [-0.3, -0.25) is 0 Å². The van der Waals surface area contributed by atoms with E-state index < -0.39 is 60.4 Å². The predicted molar refractivity (Wildman–Crippen MR) is 215 cm³/mol. The molecule has 11 rings (SSSR count). The Hall–Kier alpha value is -6.85. The Kier molecular flexibility index (Phi) is 4.49.